The van der Waals surface area contributed by atoms with Crippen molar-refractivity contribution in [3.63, 3.8) is 0 Å². The van der Waals surface area contributed by atoms with Crippen LogP contribution in [0.5, 0.6) is 5.75 Å². The number of nitrogens with zero attached hydrogens (tertiary/aromatic N) is 1. The van der Waals surface area contributed by atoms with Gasteiger partial charge in [0.05, 0.1) is 12.6 Å². The predicted molar refractivity (Wildman–Crippen MR) is 123 cm³/mol. The molecule has 4 nitrogen and oxygen atoms in total. The number of ketones is 1. The van der Waals surface area contributed by atoms with Gasteiger partial charge in [0.2, 0.25) is 0 Å². The molecule has 0 unspecified atom stereocenters. The Morgan fingerprint density at radius 1 is 0.897 bits per heavy atom. The maximum atomic E-state index is 12.7. The molecule has 5 heteroatoms. The first-order chi connectivity index (χ1) is 13.8. The zero-order chi connectivity index (χ0) is 22.6. The summed E-state index contributed by atoms with van der Waals surface area (Å²) in [5.74, 6) is 0.878. The van der Waals surface area contributed by atoms with Crippen LogP contribution < -0.4 is 4.74 Å². The summed E-state index contributed by atoms with van der Waals surface area (Å²) in [5, 5.41) is 1.60. The van der Waals surface area contributed by atoms with Gasteiger partial charge in [-0.25, -0.2) is 0 Å². The summed E-state index contributed by atoms with van der Waals surface area (Å²) in [5.41, 5.74) is 2.36. The van der Waals surface area contributed by atoms with E-state index in [0.717, 1.165) is 22.3 Å². The molecule has 158 valence electrons. The van der Waals surface area contributed by atoms with Gasteiger partial charge in [-0.1, -0.05) is 39.3 Å². The molecule has 0 bridgehead atoms. The number of aromatic nitrogens is 1. The smallest absolute Gasteiger partial charge is 0.262 e. The summed E-state index contributed by atoms with van der Waals surface area (Å²) in [6, 6.07) is 14.6. The zero-order valence-corrected chi connectivity index (χ0v) is 19.4. The maximum Gasteiger partial charge on any atom is 0.262 e. The van der Waals surface area contributed by atoms with E-state index in [1.165, 1.54) is 13.8 Å². The number of carbonyl (C=O) groups excluding carboxylic acids is 2. The standard InChI is InChI=1S/C17H14ClNO2.C3H6O.2C2H6/c1-11-9-13-10-15(21-2)7-8-16(13)19(11)17(20)12-3-5-14(18)6-4-12;1-3(2)4;2*1-2/h3-10H,1-2H3;1-2H3;2*1-2H3. The summed E-state index contributed by atoms with van der Waals surface area (Å²) in [7, 11) is 1.63. The minimum atomic E-state index is -0.0654. The molecule has 0 fully saturated rings. The first kappa shape index (κ1) is 26.4. The normalized spacial score (nSPS) is 9.14. The van der Waals surface area contributed by atoms with Crippen molar-refractivity contribution >= 4 is 34.2 Å². The van der Waals surface area contributed by atoms with Gasteiger partial charge in [0, 0.05) is 21.7 Å². The largest absolute Gasteiger partial charge is 0.497 e. The van der Waals surface area contributed by atoms with E-state index in [2.05, 4.69) is 0 Å². The first-order valence-corrected chi connectivity index (χ1v) is 10.1. The Morgan fingerprint density at radius 3 is 1.90 bits per heavy atom. The summed E-state index contributed by atoms with van der Waals surface area (Å²) >= 11 is 5.87. The minimum absolute atomic E-state index is 0.0654. The van der Waals surface area contributed by atoms with E-state index in [-0.39, 0.29) is 11.7 Å². The van der Waals surface area contributed by atoms with Crippen LogP contribution in [0, 0.1) is 6.92 Å². The molecule has 3 aromatic rings. The van der Waals surface area contributed by atoms with E-state index in [4.69, 9.17) is 16.3 Å². The first-order valence-electron chi connectivity index (χ1n) is 9.77. The number of hydrogen-bond donors (Lipinski definition) is 0. The van der Waals surface area contributed by atoms with Crippen LogP contribution >= 0.6 is 11.6 Å². The summed E-state index contributed by atoms with van der Waals surface area (Å²) < 4.78 is 6.93. The molecule has 0 atom stereocenters. The number of Topliss-reactive ketones (excluding diaryl/α,β-unsaturated/α-hetero) is 1. The number of rotatable bonds is 2. The molecule has 1 heterocycles. The molecule has 0 saturated carbocycles. The second-order valence-electron chi connectivity index (χ2n) is 5.77. The SMILES string of the molecule is CC.CC.CC(C)=O.COc1ccc2c(c1)cc(C)n2C(=O)c1ccc(Cl)cc1. The highest BCUT2D eigenvalue weighted by atomic mass is 35.5. The van der Waals surface area contributed by atoms with Gasteiger partial charge in [-0.05, 0) is 69.3 Å². The molecule has 0 aliphatic carbocycles. The third-order valence-electron chi connectivity index (χ3n) is 3.49. The monoisotopic (exact) mass is 417 g/mol. The van der Waals surface area contributed by atoms with E-state index >= 15 is 0 Å². The van der Waals surface area contributed by atoms with Crippen molar-refractivity contribution in [1.29, 1.82) is 0 Å². The van der Waals surface area contributed by atoms with Gasteiger partial charge in [-0.3, -0.25) is 9.36 Å². The van der Waals surface area contributed by atoms with E-state index < -0.39 is 0 Å². The molecular formula is C24H32ClNO3. The number of aryl methyl sites for hydroxylation is 1. The predicted octanol–water partition coefficient (Wildman–Crippen LogP) is 6.95. The highest BCUT2D eigenvalue weighted by Crippen LogP contribution is 2.25. The quantitative estimate of drug-likeness (QED) is 0.453. The molecule has 0 aliphatic rings. The van der Waals surface area contributed by atoms with Crippen LogP contribution in [0.1, 0.15) is 57.6 Å². The fourth-order valence-corrected chi connectivity index (χ4v) is 2.58. The summed E-state index contributed by atoms with van der Waals surface area (Å²) in [6.07, 6.45) is 0. The van der Waals surface area contributed by atoms with Crippen LogP contribution in [0.25, 0.3) is 10.9 Å². The molecule has 0 N–H and O–H groups in total. The minimum Gasteiger partial charge on any atom is -0.497 e. The Balaban J connectivity index is 0.000000859. The molecule has 0 saturated heterocycles. The van der Waals surface area contributed by atoms with E-state index in [0.29, 0.717) is 10.6 Å². The number of halogens is 1. The van der Waals surface area contributed by atoms with Crippen molar-refractivity contribution in [2.24, 2.45) is 0 Å². The van der Waals surface area contributed by atoms with Gasteiger partial charge in [-0.15, -0.1) is 0 Å². The second kappa shape index (κ2) is 13.6. The van der Waals surface area contributed by atoms with Crippen LogP contribution in [0.3, 0.4) is 0 Å². The third-order valence-corrected chi connectivity index (χ3v) is 3.74. The Kier molecular flexibility index (Phi) is 12.4. The highest BCUT2D eigenvalue weighted by molar-refractivity contribution is 6.30. The third kappa shape index (κ3) is 7.74. The lowest BCUT2D eigenvalue weighted by Crippen LogP contribution is -2.13. The van der Waals surface area contributed by atoms with E-state index in [9.17, 15) is 9.59 Å². The van der Waals surface area contributed by atoms with E-state index in [1.807, 2.05) is 58.9 Å². The number of benzene rings is 2. The Bertz CT molecular complexity index is 908. The Labute approximate surface area is 179 Å². The van der Waals surface area contributed by atoms with Crippen LogP contribution in [0.2, 0.25) is 5.02 Å². The van der Waals surface area contributed by atoms with Gasteiger partial charge < -0.3 is 9.53 Å². The van der Waals surface area contributed by atoms with Gasteiger partial charge in [-0.2, -0.15) is 0 Å². The summed E-state index contributed by atoms with van der Waals surface area (Å²) in [6.45, 7) is 13.0. The lowest BCUT2D eigenvalue weighted by Gasteiger charge is -2.07. The number of ether oxygens (including phenoxy) is 1. The van der Waals surface area contributed by atoms with Crippen molar-refractivity contribution in [1.82, 2.24) is 4.57 Å². The van der Waals surface area contributed by atoms with Crippen molar-refractivity contribution in [3.8, 4) is 5.75 Å². The van der Waals surface area contributed by atoms with Crippen molar-refractivity contribution in [2.75, 3.05) is 7.11 Å². The van der Waals surface area contributed by atoms with Gasteiger partial charge in [0.15, 0.2) is 0 Å². The molecule has 1 aromatic heterocycles. The molecular weight excluding hydrogens is 386 g/mol. The van der Waals surface area contributed by atoms with Crippen LogP contribution in [-0.4, -0.2) is 23.4 Å². The Morgan fingerprint density at radius 2 is 1.41 bits per heavy atom. The fraction of sp³-hybridized carbons (Fsp3) is 0.333. The number of hydrogen-bond acceptors (Lipinski definition) is 3. The fourth-order valence-electron chi connectivity index (χ4n) is 2.45. The number of carbonyl (C=O) groups is 2. The lowest BCUT2D eigenvalue weighted by molar-refractivity contribution is -0.115. The molecule has 2 aromatic carbocycles. The van der Waals surface area contributed by atoms with Crippen molar-refractivity contribution in [2.45, 2.75) is 48.5 Å². The van der Waals surface area contributed by atoms with Gasteiger partial charge >= 0.3 is 0 Å². The maximum absolute atomic E-state index is 12.7. The average Bonchev–Trinajstić information content (AvgIpc) is 3.05. The van der Waals surface area contributed by atoms with Crippen LogP contribution in [-0.2, 0) is 4.79 Å². The van der Waals surface area contributed by atoms with Gasteiger partial charge in [0.25, 0.3) is 5.91 Å². The summed E-state index contributed by atoms with van der Waals surface area (Å²) in [4.78, 5) is 22.1. The number of fused-ring (bicyclic) bond motifs is 1. The second-order valence-corrected chi connectivity index (χ2v) is 6.20. The average molecular weight is 418 g/mol. The van der Waals surface area contributed by atoms with Crippen LogP contribution in [0.15, 0.2) is 48.5 Å². The molecule has 0 amide bonds. The zero-order valence-electron chi connectivity index (χ0n) is 18.7. The molecule has 0 spiro atoms. The van der Waals surface area contributed by atoms with Crippen molar-refractivity contribution in [3.05, 3.63) is 64.8 Å². The molecule has 3 rings (SSSR count). The van der Waals surface area contributed by atoms with Crippen molar-refractivity contribution < 1.29 is 14.3 Å². The molecule has 0 radical (unpaired) electrons. The highest BCUT2D eigenvalue weighted by Gasteiger charge is 2.15. The number of methoxy groups -OCH3 is 1. The Hall–Kier alpha value is -2.59. The molecule has 0 aliphatic heterocycles. The van der Waals surface area contributed by atoms with Crippen LogP contribution in [0.4, 0.5) is 0 Å². The van der Waals surface area contributed by atoms with Gasteiger partial charge in [0.1, 0.15) is 11.5 Å². The topological polar surface area (TPSA) is 48.3 Å². The lowest BCUT2D eigenvalue weighted by atomic mass is 10.2. The molecule has 29 heavy (non-hydrogen) atoms. The van der Waals surface area contributed by atoms with E-state index in [1.54, 1.807) is 35.9 Å².